The summed E-state index contributed by atoms with van der Waals surface area (Å²) in [5.74, 6) is 0.0890. The first-order chi connectivity index (χ1) is 17.1. The number of carbonyl (C=O) groups is 2. The number of benzene rings is 2. The third kappa shape index (κ3) is 4.60. The summed E-state index contributed by atoms with van der Waals surface area (Å²) in [7, 11) is 0. The highest BCUT2D eigenvalue weighted by Gasteiger charge is 2.18. The molecular weight excluding hydrogens is 489 g/mol. The van der Waals surface area contributed by atoms with Gasteiger partial charge in [0.1, 0.15) is 0 Å². The number of amides is 2. The van der Waals surface area contributed by atoms with Crippen molar-refractivity contribution < 1.29 is 9.59 Å². The first kappa shape index (κ1) is 22.9. The fourth-order valence-corrected chi connectivity index (χ4v) is 4.36. The van der Waals surface area contributed by atoms with E-state index in [2.05, 4.69) is 25.8 Å². The third-order valence-electron chi connectivity index (χ3n) is 5.49. The maximum Gasteiger partial charge on any atom is 0.225 e. The number of hydrogen-bond acceptors (Lipinski definition) is 4. The van der Waals surface area contributed by atoms with Crippen molar-refractivity contribution in [1.82, 2.24) is 24.5 Å². The minimum Gasteiger partial charge on any atom is -0.351 e. The van der Waals surface area contributed by atoms with E-state index in [0.717, 1.165) is 33.2 Å². The van der Waals surface area contributed by atoms with Gasteiger partial charge in [0.05, 0.1) is 22.4 Å². The fourth-order valence-electron chi connectivity index (χ4n) is 4.01. The molecule has 0 fully saturated rings. The minimum absolute atomic E-state index is 0.183. The van der Waals surface area contributed by atoms with Gasteiger partial charge in [0, 0.05) is 71.5 Å². The summed E-state index contributed by atoms with van der Waals surface area (Å²) < 4.78 is 3.46. The quantitative estimate of drug-likeness (QED) is 0.260. The summed E-state index contributed by atoms with van der Waals surface area (Å²) >= 11 is 11.5. The van der Waals surface area contributed by atoms with Gasteiger partial charge in [-0.3, -0.25) is 9.59 Å². The molecule has 2 aromatic carbocycles. The van der Waals surface area contributed by atoms with Crippen molar-refractivity contribution in [2.45, 2.75) is 12.8 Å². The first-order valence-corrected chi connectivity index (χ1v) is 12.0. The number of anilines is 2. The van der Waals surface area contributed by atoms with E-state index < -0.39 is 0 Å². The smallest absolute Gasteiger partial charge is 0.225 e. The molecule has 9 nitrogen and oxygen atoms in total. The van der Waals surface area contributed by atoms with Crippen LogP contribution in [0.25, 0.3) is 33.2 Å². The number of carbonyl (C=O) groups excluding carboxylic acids is 2. The lowest BCUT2D eigenvalue weighted by Crippen LogP contribution is -2.12. The van der Waals surface area contributed by atoms with Gasteiger partial charge in [-0.15, -0.1) is 23.2 Å². The molecule has 3 N–H and O–H groups in total. The molecule has 5 aromatic rings. The molecule has 2 amide bonds. The van der Waals surface area contributed by atoms with E-state index in [0.29, 0.717) is 11.4 Å². The maximum absolute atomic E-state index is 12.3. The predicted octanol–water partition coefficient (Wildman–Crippen LogP) is 4.83. The Bertz CT molecular complexity index is 1400. The van der Waals surface area contributed by atoms with Crippen LogP contribution in [0.15, 0.2) is 61.2 Å². The summed E-state index contributed by atoms with van der Waals surface area (Å²) in [6, 6.07) is 11.1. The van der Waals surface area contributed by atoms with Crippen LogP contribution in [-0.4, -0.2) is 48.1 Å². The number of rotatable bonds is 8. The highest BCUT2D eigenvalue weighted by atomic mass is 35.5. The summed E-state index contributed by atoms with van der Waals surface area (Å²) in [4.78, 5) is 28.1. The number of fused-ring (bicyclic) bond motifs is 3. The summed E-state index contributed by atoms with van der Waals surface area (Å²) in [5.41, 5.74) is 4.36. The van der Waals surface area contributed by atoms with Gasteiger partial charge in [-0.1, -0.05) is 0 Å². The summed E-state index contributed by atoms with van der Waals surface area (Å²) in [5, 5.41) is 16.3. The number of nitrogens with zero attached hydrogens (tertiary/aromatic N) is 4. The van der Waals surface area contributed by atoms with Crippen molar-refractivity contribution in [1.29, 1.82) is 0 Å². The van der Waals surface area contributed by atoms with Crippen LogP contribution in [0.2, 0.25) is 0 Å². The van der Waals surface area contributed by atoms with Crippen molar-refractivity contribution in [3.8, 4) is 11.4 Å². The molecule has 0 unspecified atom stereocenters. The van der Waals surface area contributed by atoms with Gasteiger partial charge in [0.15, 0.2) is 0 Å². The molecule has 0 bridgehead atoms. The van der Waals surface area contributed by atoms with Crippen LogP contribution in [0.4, 0.5) is 11.4 Å². The van der Waals surface area contributed by atoms with Crippen LogP contribution in [0, 0.1) is 0 Å². The Labute approximate surface area is 210 Å². The van der Waals surface area contributed by atoms with Crippen molar-refractivity contribution in [2.75, 3.05) is 22.4 Å². The Morgan fingerprint density at radius 1 is 0.771 bits per heavy atom. The standard InChI is InChI=1S/C24H21Cl2N7O2/c25-5-3-21(34)29-15-11-17-18-12-16(30-22(35)4-6-26)14-20(33-10-2-8-28-33)24(18)31-23(17)19(13-15)32-9-1-7-27-32/h1-2,7-14,31H,3-6H2,(H,29,34)(H,30,35). The summed E-state index contributed by atoms with van der Waals surface area (Å²) in [6.07, 6.45) is 7.43. The number of aromatic nitrogens is 5. The maximum atomic E-state index is 12.3. The molecule has 0 spiro atoms. The lowest BCUT2D eigenvalue weighted by Gasteiger charge is -2.10. The normalized spacial score (nSPS) is 11.3. The molecule has 5 rings (SSSR count). The summed E-state index contributed by atoms with van der Waals surface area (Å²) in [6.45, 7) is 0. The molecule has 11 heteroatoms. The second-order valence-corrected chi connectivity index (χ2v) is 8.59. The number of hydrogen-bond donors (Lipinski definition) is 3. The SMILES string of the molecule is O=C(CCCl)Nc1cc(-n2cccn2)c2[nH]c3c(-n4cccn4)cc(NC(=O)CCCl)cc3c2c1. The number of H-pyrrole nitrogens is 1. The molecule has 0 saturated heterocycles. The Morgan fingerprint density at radius 2 is 1.23 bits per heavy atom. The van der Waals surface area contributed by atoms with Gasteiger partial charge in [-0.25, -0.2) is 9.36 Å². The molecule has 3 aromatic heterocycles. The van der Waals surface area contributed by atoms with Gasteiger partial charge >= 0.3 is 0 Å². The van der Waals surface area contributed by atoms with Crippen molar-refractivity contribution in [3.63, 3.8) is 0 Å². The number of alkyl halides is 2. The molecule has 0 saturated carbocycles. The van der Waals surface area contributed by atoms with E-state index >= 15 is 0 Å². The zero-order valence-corrected chi connectivity index (χ0v) is 20.0. The molecule has 35 heavy (non-hydrogen) atoms. The Kier molecular flexibility index (Phi) is 6.43. The second-order valence-electron chi connectivity index (χ2n) is 7.84. The van der Waals surface area contributed by atoms with E-state index in [1.165, 1.54) is 0 Å². The van der Waals surface area contributed by atoms with E-state index in [9.17, 15) is 9.59 Å². The molecule has 0 radical (unpaired) electrons. The molecule has 0 aliphatic heterocycles. The molecular formula is C24H21Cl2N7O2. The molecule has 3 heterocycles. The van der Waals surface area contributed by atoms with Crippen molar-refractivity contribution in [2.24, 2.45) is 0 Å². The average Bonchev–Trinajstić information content (AvgIpc) is 3.60. The minimum atomic E-state index is -0.183. The van der Waals surface area contributed by atoms with Crippen LogP contribution >= 0.6 is 23.2 Å². The lowest BCUT2D eigenvalue weighted by atomic mass is 10.1. The second kappa shape index (κ2) is 9.81. The zero-order chi connectivity index (χ0) is 24.4. The number of halogens is 2. The molecule has 0 aliphatic carbocycles. The highest BCUT2D eigenvalue weighted by Crippen LogP contribution is 2.37. The number of nitrogens with one attached hydrogen (secondary N) is 3. The lowest BCUT2D eigenvalue weighted by molar-refractivity contribution is -0.116. The Hall–Kier alpha value is -3.82. The third-order valence-corrected chi connectivity index (χ3v) is 5.87. The van der Waals surface area contributed by atoms with Crippen LogP contribution in [0.1, 0.15) is 12.8 Å². The van der Waals surface area contributed by atoms with Gasteiger partial charge in [0.2, 0.25) is 11.8 Å². The van der Waals surface area contributed by atoms with Crippen LogP contribution in [0.3, 0.4) is 0 Å². The number of aromatic amines is 1. The largest absolute Gasteiger partial charge is 0.351 e. The van der Waals surface area contributed by atoms with Crippen molar-refractivity contribution >= 4 is 68.2 Å². The van der Waals surface area contributed by atoms with E-state index in [1.807, 2.05) is 48.8 Å². The zero-order valence-electron chi connectivity index (χ0n) is 18.5. The van der Waals surface area contributed by atoms with E-state index in [1.54, 1.807) is 21.8 Å². The van der Waals surface area contributed by atoms with Crippen molar-refractivity contribution in [3.05, 3.63) is 61.2 Å². The van der Waals surface area contributed by atoms with E-state index in [-0.39, 0.29) is 36.4 Å². The van der Waals surface area contributed by atoms with Crippen LogP contribution < -0.4 is 10.6 Å². The van der Waals surface area contributed by atoms with E-state index in [4.69, 9.17) is 23.2 Å². The van der Waals surface area contributed by atoms with Gasteiger partial charge in [0.25, 0.3) is 0 Å². The monoisotopic (exact) mass is 509 g/mol. The molecule has 0 atom stereocenters. The average molecular weight is 510 g/mol. The Morgan fingerprint density at radius 3 is 1.60 bits per heavy atom. The molecule has 0 aliphatic rings. The Balaban J connectivity index is 1.76. The van der Waals surface area contributed by atoms with Gasteiger partial charge < -0.3 is 15.6 Å². The van der Waals surface area contributed by atoms with Crippen LogP contribution in [-0.2, 0) is 9.59 Å². The highest BCUT2D eigenvalue weighted by molar-refractivity contribution is 6.20. The first-order valence-electron chi connectivity index (χ1n) is 10.9. The van der Waals surface area contributed by atoms with Gasteiger partial charge in [-0.05, 0) is 36.4 Å². The van der Waals surface area contributed by atoms with Crippen LogP contribution in [0.5, 0.6) is 0 Å². The molecule has 178 valence electrons. The predicted molar refractivity (Wildman–Crippen MR) is 138 cm³/mol. The fraction of sp³-hybridized carbons (Fsp3) is 0.167. The van der Waals surface area contributed by atoms with Gasteiger partial charge in [-0.2, -0.15) is 10.2 Å². The topological polar surface area (TPSA) is 110 Å².